The van der Waals surface area contributed by atoms with E-state index in [1.54, 1.807) is 4.90 Å². The highest BCUT2D eigenvalue weighted by Crippen LogP contribution is 2.24. The summed E-state index contributed by atoms with van der Waals surface area (Å²) in [6.07, 6.45) is -0.175. The molecule has 0 aromatic heterocycles. The molecule has 1 aliphatic heterocycles. The molecule has 1 atom stereocenters. The first-order valence-electron chi connectivity index (χ1n) is 9.10. The van der Waals surface area contributed by atoms with Crippen LogP contribution in [0.15, 0.2) is 94.6 Å². The van der Waals surface area contributed by atoms with Crippen LogP contribution in [-0.4, -0.2) is 17.7 Å². The molecule has 0 saturated heterocycles. The van der Waals surface area contributed by atoms with Gasteiger partial charge in [-0.1, -0.05) is 81.7 Å². The Morgan fingerprint density at radius 2 is 1.71 bits per heavy atom. The molecule has 0 bridgehead atoms. The largest absolute Gasteiger partial charge is 0.382 e. The summed E-state index contributed by atoms with van der Waals surface area (Å²) >= 11 is 3.47. The molecule has 4 rings (SSSR count). The van der Waals surface area contributed by atoms with Gasteiger partial charge in [-0.25, -0.2) is 0 Å². The van der Waals surface area contributed by atoms with Crippen molar-refractivity contribution in [2.75, 3.05) is 4.90 Å². The van der Waals surface area contributed by atoms with E-state index in [9.17, 15) is 4.79 Å². The Bertz CT molecular complexity index is 990. The minimum Gasteiger partial charge on any atom is -0.382 e. The predicted molar refractivity (Wildman–Crippen MR) is 114 cm³/mol. The highest BCUT2D eigenvalue weighted by molar-refractivity contribution is 9.10. The standard InChI is InChI=1S/C23H19BrN2O2/c24-19-11-7-10-18(14-19)21-15-22(28-25-21)23(27)26(20-12-5-2-6-13-20)16-17-8-3-1-4-9-17/h1-14,22H,15-16H2. The van der Waals surface area contributed by atoms with Crippen LogP contribution >= 0.6 is 15.9 Å². The molecular weight excluding hydrogens is 416 g/mol. The Morgan fingerprint density at radius 1 is 1.00 bits per heavy atom. The van der Waals surface area contributed by atoms with Crippen molar-refractivity contribution in [3.8, 4) is 0 Å². The lowest BCUT2D eigenvalue weighted by molar-refractivity contribution is -0.128. The van der Waals surface area contributed by atoms with Crippen LogP contribution in [0.1, 0.15) is 17.5 Å². The topological polar surface area (TPSA) is 41.9 Å². The Morgan fingerprint density at radius 3 is 2.43 bits per heavy atom. The van der Waals surface area contributed by atoms with Crippen molar-refractivity contribution < 1.29 is 9.63 Å². The van der Waals surface area contributed by atoms with Crippen molar-refractivity contribution in [3.05, 3.63) is 101 Å². The third-order valence-electron chi connectivity index (χ3n) is 4.62. The highest BCUT2D eigenvalue weighted by atomic mass is 79.9. The predicted octanol–water partition coefficient (Wildman–Crippen LogP) is 5.18. The lowest BCUT2D eigenvalue weighted by Gasteiger charge is -2.25. The number of rotatable bonds is 5. The molecule has 1 unspecified atom stereocenters. The van der Waals surface area contributed by atoms with Gasteiger partial charge in [-0.2, -0.15) is 0 Å². The number of oxime groups is 1. The maximum Gasteiger partial charge on any atom is 0.271 e. The SMILES string of the molecule is O=C(C1CC(c2cccc(Br)c2)=NO1)N(Cc1ccccc1)c1ccccc1. The molecule has 5 heteroatoms. The average Bonchev–Trinajstić information content (AvgIpc) is 3.23. The Kier molecular flexibility index (Phi) is 5.53. The Balaban J connectivity index is 1.55. The maximum atomic E-state index is 13.3. The number of carbonyl (C=O) groups excluding carboxylic acids is 1. The van der Waals surface area contributed by atoms with Crippen LogP contribution in [0.3, 0.4) is 0 Å². The van der Waals surface area contributed by atoms with Crippen LogP contribution in [0.2, 0.25) is 0 Å². The number of para-hydroxylation sites is 1. The zero-order chi connectivity index (χ0) is 19.3. The molecule has 0 radical (unpaired) electrons. The van der Waals surface area contributed by atoms with Gasteiger partial charge in [0.05, 0.1) is 12.3 Å². The number of nitrogens with zero attached hydrogens (tertiary/aromatic N) is 2. The quantitative estimate of drug-likeness (QED) is 0.555. The molecule has 4 nitrogen and oxygen atoms in total. The van der Waals surface area contributed by atoms with Crippen molar-refractivity contribution >= 4 is 33.2 Å². The fraction of sp³-hybridized carbons (Fsp3) is 0.130. The maximum absolute atomic E-state index is 13.3. The van der Waals surface area contributed by atoms with E-state index in [4.69, 9.17) is 4.84 Å². The van der Waals surface area contributed by atoms with Crippen LogP contribution in [0.5, 0.6) is 0 Å². The zero-order valence-corrected chi connectivity index (χ0v) is 16.7. The van der Waals surface area contributed by atoms with E-state index < -0.39 is 6.10 Å². The van der Waals surface area contributed by atoms with Crippen LogP contribution < -0.4 is 4.90 Å². The third kappa shape index (κ3) is 4.15. The zero-order valence-electron chi connectivity index (χ0n) is 15.2. The minimum atomic E-state index is -0.627. The highest BCUT2D eigenvalue weighted by Gasteiger charge is 2.33. The van der Waals surface area contributed by atoms with Crippen LogP contribution in [-0.2, 0) is 16.2 Å². The molecule has 0 N–H and O–H groups in total. The van der Waals surface area contributed by atoms with Gasteiger partial charge in [0.25, 0.3) is 5.91 Å². The molecule has 28 heavy (non-hydrogen) atoms. The second-order valence-corrected chi connectivity index (χ2v) is 7.51. The van der Waals surface area contributed by atoms with Crippen LogP contribution in [0.4, 0.5) is 5.69 Å². The lowest BCUT2D eigenvalue weighted by atomic mass is 10.0. The smallest absolute Gasteiger partial charge is 0.271 e. The van der Waals surface area contributed by atoms with E-state index in [1.165, 1.54) is 0 Å². The normalized spacial score (nSPS) is 15.6. The number of amides is 1. The van der Waals surface area contributed by atoms with Gasteiger partial charge in [-0.05, 0) is 29.8 Å². The van der Waals surface area contributed by atoms with Gasteiger partial charge in [0.1, 0.15) is 0 Å². The summed E-state index contributed by atoms with van der Waals surface area (Å²) in [6, 6.07) is 27.5. The van der Waals surface area contributed by atoms with Gasteiger partial charge < -0.3 is 9.74 Å². The number of halogens is 1. The van der Waals surface area contributed by atoms with E-state index >= 15 is 0 Å². The minimum absolute atomic E-state index is 0.0937. The van der Waals surface area contributed by atoms with Crippen molar-refractivity contribution in [1.82, 2.24) is 0 Å². The molecule has 140 valence electrons. The molecule has 1 heterocycles. The second-order valence-electron chi connectivity index (χ2n) is 6.59. The number of carbonyl (C=O) groups is 1. The molecular formula is C23H19BrN2O2. The van der Waals surface area contributed by atoms with Crippen molar-refractivity contribution in [3.63, 3.8) is 0 Å². The molecule has 0 fully saturated rings. The van der Waals surface area contributed by atoms with Gasteiger partial charge in [0, 0.05) is 22.1 Å². The molecule has 0 spiro atoms. The fourth-order valence-corrected chi connectivity index (χ4v) is 3.59. The summed E-state index contributed by atoms with van der Waals surface area (Å²) in [5.41, 5.74) is 3.65. The number of hydrogen-bond acceptors (Lipinski definition) is 3. The van der Waals surface area contributed by atoms with Crippen LogP contribution in [0, 0.1) is 0 Å². The van der Waals surface area contributed by atoms with Gasteiger partial charge in [0.15, 0.2) is 0 Å². The number of hydrogen-bond donors (Lipinski definition) is 0. The van der Waals surface area contributed by atoms with Gasteiger partial charge in [0.2, 0.25) is 6.10 Å². The summed E-state index contributed by atoms with van der Waals surface area (Å²) in [7, 11) is 0. The average molecular weight is 435 g/mol. The first kappa shape index (κ1) is 18.4. The molecule has 1 aliphatic rings. The van der Waals surface area contributed by atoms with E-state index in [2.05, 4.69) is 21.1 Å². The molecule has 3 aromatic rings. The van der Waals surface area contributed by atoms with Crippen molar-refractivity contribution in [2.24, 2.45) is 5.16 Å². The monoisotopic (exact) mass is 434 g/mol. The third-order valence-corrected chi connectivity index (χ3v) is 5.11. The summed E-state index contributed by atoms with van der Waals surface area (Å²) in [4.78, 5) is 20.6. The van der Waals surface area contributed by atoms with E-state index in [0.29, 0.717) is 13.0 Å². The second kappa shape index (κ2) is 8.40. The summed E-state index contributed by atoms with van der Waals surface area (Å²) in [5.74, 6) is -0.0937. The van der Waals surface area contributed by atoms with E-state index in [0.717, 1.165) is 27.0 Å². The molecule has 0 aliphatic carbocycles. The van der Waals surface area contributed by atoms with E-state index in [1.807, 2.05) is 84.9 Å². The van der Waals surface area contributed by atoms with Crippen molar-refractivity contribution in [2.45, 2.75) is 19.1 Å². The van der Waals surface area contributed by atoms with Crippen LogP contribution in [0.25, 0.3) is 0 Å². The lowest BCUT2D eigenvalue weighted by Crippen LogP contribution is -2.39. The molecule has 3 aromatic carbocycles. The van der Waals surface area contributed by atoms with E-state index in [-0.39, 0.29) is 5.91 Å². The number of anilines is 1. The summed E-state index contributed by atoms with van der Waals surface area (Å²) in [6.45, 7) is 0.482. The first-order chi connectivity index (χ1) is 13.7. The summed E-state index contributed by atoms with van der Waals surface area (Å²) in [5, 5.41) is 4.18. The number of benzene rings is 3. The Labute approximate surface area is 172 Å². The first-order valence-corrected chi connectivity index (χ1v) is 9.89. The van der Waals surface area contributed by atoms with Gasteiger partial charge in [-0.3, -0.25) is 4.79 Å². The van der Waals surface area contributed by atoms with Crippen molar-refractivity contribution in [1.29, 1.82) is 0 Å². The summed E-state index contributed by atoms with van der Waals surface area (Å²) < 4.78 is 0.970. The Hall–Kier alpha value is -2.92. The molecule has 0 saturated carbocycles. The van der Waals surface area contributed by atoms with Gasteiger partial charge >= 0.3 is 0 Å². The fourth-order valence-electron chi connectivity index (χ4n) is 3.19. The van der Waals surface area contributed by atoms with Gasteiger partial charge in [-0.15, -0.1) is 0 Å². The molecule has 1 amide bonds.